The third-order valence-electron chi connectivity index (χ3n) is 2.16. The molecule has 2 rings (SSSR count). The second-order valence-electron chi connectivity index (χ2n) is 3.31. The average molecular weight is 283 g/mol. The molecule has 0 fully saturated rings. The molecule has 0 N–H and O–H groups in total. The van der Waals surface area contributed by atoms with E-state index in [1.165, 1.54) is 18.4 Å². The lowest BCUT2D eigenvalue weighted by atomic mass is 10.1. The fourth-order valence-corrected chi connectivity index (χ4v) is 1.59. The van der Waals surface area contributed by atoms with Crippen LogP contribution in [0.2, 0.25) is 0 Å². The SMILES string of the molecule is O=C(Cc1ccco1)c1ccc(Br)c(F)c1. The number of carbonyl (C=O) groups is 1. The molecule has 0 saturated heterocycles. The highest BCUT2D eigenvalue weighted by atomic mass is 79.9. The van der Waals surface area contributed by atoms with Gasteiger partial charge in [0.2, 0.25) is 0 Å². The second-order valence-corrected chi connectivity index (χ2v) is 4.16. The molecule has 0 atom stereocenters. The van der Waals surface area contributed by atoms with Gasteiger partial charge in [-0.2, -0.15) is 0 Å². The van der Waals surface area contributed by atoms with Gasteiger partial charge in [0.25, 0.3) is 0 Å². The quantitative estimate of drug-likeness (QED) is 0.805. The van der Waals surface area contributed by atoms with Crippen LogP contribution in [-0.2, 0) is 6.42 Å². The molecule has 1 aromatic heterocycles. The van der Waals surface area contributed by atoms with Crippen molar-refractivity contribution in [2.75, 3.05) is 0 Å². The van der Waals surface area contributed by atoms with Crippen molar-refractivity contribution in [2.24, 2.45) is 0 Å². The molecule has 0 radical (unpaired) electrons. The van der Waals surface area contributed by atoms with Crippen LogP contribution in [0, 0.1) is 5.82 Å². The van der Waals surface area contributed by atoms with Crippen LogP contribution in [-0.4, -0.2) is 5.78 Å². The summed E-state index contributed by atoms with van der Waals surface area (Å²) in [7, 11) is 0. The first-order chi connectivity index (χ1) is 7.66. The average Bonchev–Trinajstić information content (AvgIpc) is 2.74. The standard InChI is InChI=1S/C12H8BrFO2/c13-10-4-3-8(6-11(10)14)12(15)7-9-2-1-5-16-9/h1-6H,7H2. The van der Waals surface area contributed by atoms with Gasteiger partial charge in [-0.05, 0) is 40.2 Å². The largest absolute Gasteiger partial charge is 0.469 e. The van der Waals surface area contributed by atoms with Crippen molar-refractivity contribution in [3.8, 4) is 0 Å². The maximum atomic E-state index is 13.2. The predicted octanol–water partition coefficient (Wildman–Crippen LogP) is 3.61. The molecule has 0 aliphatic carbocycles. The molecule has 2 nitrogen and oxygen atoms in total. The topological polar surface area (TPSA) is 30.2 Å². The molecule has 1 aromatic carbocycles. The van der Waals surface area contributed by atoms with Crippen LogP contribution in [0.5, 0.6) is 0 Å². The Morgan fingerprint density at radius 2 is 2.19 bits per heavy atom. The van der Waals surface area contributed by atoms with Gasteiger partial charge in [0, 0.05) is 5.56 Å². The van der Waals surface area contributed by atoms with Gasteiger partial charge in [-0.15, -0.1) is 0 Å². The number of Topliss-reactive ketones (excluding diaryl/α,β-unsaturated/α-hetero) is 1. The van der Waals surface area contributed by atoms with E-state index in [1.54, 1.807) is 18.2 Å². The Labute approximate surface area is 100 Å². The van der Waals surface area contributed by atoms with Crippen LogP contribution >= 0.6 is 15.9 Å². The summed E-state index contributed by atoms with van der Waals surface area (Å²) in [6.07, 6.45) is 1.65. The van der Waals surface area contributed by atoms with Crippen molar-refractivity contribution in [1.29, 1.82) is 0 Å². The monoisotopic (exact) mass is 282 g/mol. The number of furan rings is 1. The third kappa shape index (κ3) is 2.39. The minimum Gasteiger partial charge on any atom is -0.469 e. The normalized spacial score (nSPS) is 10.4. The molecule has 0 aliphatic heterocycles. The molecule has 0 spiro atoms. The fourth-order valence-electron chi connectivity index (χ4n) is 1.34. The Kier molecular flexibility index (Phi) is 3.19. The number of ketones is 1. The van der Waals surface area contributed by atoms with E-state index in [9.17, 15) is 9.18 Å². The van der Waals surface area contributed by atoms with E-state index in [0.717, 1.165) is 0 Å². The van der Waals surface area contributed by atoms with Crippen molar-refractivity contribution in [2.45, 2.75) is 6.42 Å². The molecule has 82 valence electrons. The number of carbonyl (C=O) groups excluding carboxylic acids is 1. The molecule has 1 heterocycles. The van der Waals surface area contributed by atoms with Gasteiger partial charge in [0.15, 0.2) is 5.78 Å². The lowest BCUT2D eigenvalue weighted by molar-refractivity contribution is 0.0986. The Hall–Kier alpha value is -1.42. The Morgan fingerprint density at radius 3 is 2.81 bits per heavy atom. The summed E-state index contributed by atoms with van der Waals surface area (Å²) in [6, 6.07) is 7.75. The number of rotatable bonds is 3. The summed E-state index contributed by atoms with van der Waals surface area (Å²) < 4.78 is 18.6. The molecule has 0 amide bonds. The first-order valence-electron chi connectivity index (χ1n) is 4.67. The summed E-state index contributed by atoms with van der Waals surface area (Å²) in [4.78, 5) is 11.7. The van der Waals surface area contributed by atoms with Crippen LogP contribution in [0.4, 0.5) is 4.39 Å². The van der Waals surface area contributed by atoms with Crippen molar-refractivity contribution >= 4 is 21.7 Å². The van der Waals surface area contributed by atoms with E-state index in [4.69, 9.17) is 4.42 Å². The lowest BCUT2D eigenvalue weighted by Gasteiger charge is -2.00. The van der Waals surface area contributed by atoms with Crippen molar-refractivity contribution in [1.82, 2.24) is 0 Å². The molecule has 4 heteroatoms. The van der Waals surface area contributed by atoms with Gasteiger partial charge < -0.3 is 4.42 Å². The van der Waals surface area contributed by atoms with Crippen LogP contribution in [0.1, 0.15) is 16.1 Å². The number of benzene rings is 1. The van der Waals surface area contributed by atoms with Crippen molar-refractivity contribution in [3.63, 3.8) is 0 Å². The fraction of sp³-hybridized carbons (Fsp3) is 0.0833. The predicted molar refractivity (Wildman–Crippen MR) is 60.8 cm³/mol. The molecule has 0 unspecified atom stereocenters. The zero-order valence-electron chi connectivity index (χ0n) is 8.24. The first kappa shape index (κ1) is 11.1. The summed E-state index contributed by atoms with van der Waals surface area (Å²) in [5.41, 5.74) is 0.345. The van der Waals surface area contributed by atoms with Crippen molar-refractivity contribution < 1.29 is 13.6 Å². The summed E-state index contributed by atoms with van der Waals surface area (Å²) in [6.45, 7) is 0. The molecular weight excluding hydrogens is 275 g/mol. The van der Waals surface area contributed by atoms with Gasteiger partial charge in [-0.25, -0.2) is 4.39 Å². The van der Waals surface area contributed by atoms with Gasteiger partial charge in [0.05, 0.1) is 17.2 Å². The molecule has 0 aliphatic rings. The summed E-state index contributed by atoms with van der Waals surface area (Å²) >= 11 is 3.03. The maximum absolute atomic E-state index is 13.2. The highest BCUT2D eigenvalue weighted by Crippen LogP contribution is 2.17. The molecule has 0 saturated carbocycles. The Bertz CT molecular complexity index is 506. The number of hydrogen-bond acceptors (Lipinski definition) is 2. The summed E-state index contributed by atoms with van der Waals surface area (Å²) in [5.74, 6) is -0.0278. The van der Waals surface area contributed by atoms with Crippen LogP contribution in [0.25, 0.3) is 0 Å². The van der Waals surface area contributed by atoms with Crippen LogP contribution in [0.15, 0.2) is 45.5 Å². The van der Waals surface area contributed by atoms with Gasteiger partial charge in [0.1, 0.15) is 11.6 Å². The molecule has 2 aromatic rings. The second kappa shape index (κ2) is 4.61. The highest BCUT2D eigenvalue weighted by molar-refractivity contribution is 9.10. The lowest BCUT2D eigenvalue weighted by Crippen LogP contribution is -2.03. The number of halogens is 2. The molecule has 0 bridgehead atoms. The number of hydrogen-bond donors (Lipinski definition) is 0. The third-order valence-corrected chi connectivity index (χ3v) is 2.80. The van der Waals surface area contributed by atoms with Gasteiger partial charge in [-0.3, -0.25) is 4.79 Å². The summed E-state index contributed by atoms with van der Waals surface area (Å²) in [5, 5.41) is 0. The smallest absolute Gasteiger partial charge is 0.170 e. The zero-order valence-corrected chi connectivity index (χ0v) is 9.83. The zero-order chi connectivity index (χ0) is 11.5. The van der Waals surface area contributed by atoms with E-state index in [2.05, 4.69) is 15.9 Å². The van der Waals surface area contributed by atoms with Gasteiger partial charge in [-0.1, -0.05) is 6.07 Å². The van der Waals surface area contributed by atoms with Crippen LogP contribution in [0.3, 0.4) is 0 Å². The van der Waals surface area contributed by atoms with Crippen molar-refractivity contribution in [3.05, 3.63) is 58.2 Å². The highest BCUT2D eigenvalue weighted by Gasteiger charge is 2.10. The molecule has 16 heavy (non-hydrogen) atoms. The minimum atomic E-state index is -0.440. The van der Waals surface area contributed by atoms with Crippen LogP contribution < -0.4 is 0 Å². The van der Waals surface area contributed by atoms with E-state index in [-0.39, 0.29) is 12.2 Å². The Balaban J connectivity index is 2.18. The molecular formula is C12H8BrFO2. The van der Waals surface area contributed by atoms with E-state index < -0.39 is 5.82 Å². The maximum Gasteiger partial charge on any atom is 0.170 e. The Morgan fingerprint density at radius 1 is 1.38 bits per heavy atom. The van der Waals surface area contributed by atoms with E-state index in [1.807, 2.05) is 0 Å². The van der Waals surface area contributed by atoms with E-state index >= 15 is 0 Å². The van der Waals surface area contributed by atoms with Gasteiger partial charge >= 0.3 is 0 Å². The minimum absolute atomic E-state index is 0.147. The first-order valence-corrected chi connectivity index (χ1v) is 5.47. The van der Waals surface area contributed by atoms with E-state index in [0.29, 0.717) is 15.8 Å².